The Morgan fingerprint density at radius 2 is 2.29 bits per heavy atom. The average Bonchev–Trinajstić information content (AvgIpc) is 2.72. The second-order valence-corrected chi connectivity index (χ2v) is 4.48. The number of hydrogen-bond donors (Lipinski definition) is 0. The fraction of sp³-hybridized carbons (Fsp3) is 0.167. The Bertz CT molecular complexity index is 601. The second kappa shape index (κ2) is 4.55. The van der Waals surface area contributed by atoms with Crippen molar-refractivity contribution in [3.8, 4) is 5.75 Å². The molecule has 0 aliphatic rings. The molecule has 0 radical (unpaired) electrons. The van der Waals surface area contributed by atoms with Gasteiger partial charge in [-0.3, -0.25) is 10.1 Å². The fourth-order valence-corrected chi connectivity index (χ4v) is 2.57. The zero-order valence-electron chi connectivity index (χ0n) is 9.47. The number of nitrogens with zero attached hydrogens (tertiary/aromatic N) is 1. The van der Waals surface area contributed by atoms with Crippen molar-refractivity contribution in [3.05, 3.63) is 45.0 Å². The Balaban J connectivity index is 2.63. The lowest BCUT2D eigenvalue weighted by atomic mass is 10.1. The van der Waals surface area contributed by atoms with E-state index in [0.717, 1.165) is 21.4 Å². The monoisotopic (exact) mass is 249 g/mol. The summed E-state index contributed by atoms with van der Waals surface area (Å²) in [5.74, 6) is 0.742. The summed E-state index contributed by atoms with van der Waals surface area (Å²) in [5.41, 5.74) is 0.951. The molecule has 0 spiro atoms. The molecule has 0 aliphatic heterocycles. The van der Waals surface area contributed by atoms with Crippen molar-refractivity contribution in [2.75, 3.05) is 7.11 Å². The zero-order chi connectivity index (χ0) is 12.4. The first-order valence-corrected chi connectivity index (χ1v) is 5.88. The maximum absolute atomic E-state index is 10.6. The molecule has 4 nitrogen and oxygen atoms in total. The Kier molecular flexibility index (Phi) is 3.10. The summed E-state index contributed by atoms with van der Waals surface area (Å²) in [5, 5.41) is 13.5. The molecule has 2 rings (SSSR count). The smallest absolute Gasteiger partial charge is 0.243 e. The number of nitro groups is 1. The third kappa shape index (κ3) is 2.14. The van der Waals surface area contributed by atoms with Gasteiger partial charge in [-0.1, -0.05) is 6.07 Å². The normalized spacial score (nSPS) is 11.8. The summed E-state index contributed by atoms with van der Waals surface area (Å²) >= 11 is 1.55. The fourth-order valence-electron chi connectivity index (χ4n) is 1.63. The molecule has 0 atom stereocenters. The molecule has 88 valence electrons. The SMILES string of the molecule is COc1cccc2scc(C=C(C)[N+](=O)[O-])c12. The zero-order valence-corrected chi connectivity index (χ0v) is 10.3. The van der Waals surface area contributed by atoms with Gasteiger partial charge in [0.15, 0.2) is 0 Å². The number of rotatable bonds is 3. The molecule has 0 fully saturated rings. The van der Waals surface area contributed by atoms with Gasteiger partial charge in [-0.25, -0.2) is 0 Å². The minimum atomic E-state index is -0.390. The Morgan fingerprint density at radius 3 is 2.94 bits per heavy atom. The predicted octanol–water partition coefficient (Wildman–Crippen LogP) is 3.55. The third-order valence-corrected chi connectivity index (χ3v) is 3.43. The van der Waals surface area contributed by atoms with Gasteiger partial charge in [0.1, 0.15) is 5.75 Å². The van der Waals surface area contributed by atoms with E-state index >= 15 is 0 Å². The van der Waals surface area contributed by atoms with Gasteiger partial charge in [-0.05, 0) is 17.5 Å². The number of benzene rings is 1. The van der Waals surface area contributed by atoms with Crippen LogP contribution in [0.5, 0.6) is 5.75 Å². The number of thiophene rings is 1. The lowest BCUT2D eigenvalue weighted by Crippen LogP contribution is -1.92. The summed E-state index contributed by atoms with van der Waals surface area (Å²) in [4.78, 5) is 10.2. The van der Waals surface area contributed by atoms with E-state index in [1.54, 1.807) is 24.5 Å². The van der Waals surface area contributed by atoms with Gasteiger partial charge in [0, 0.05) is 28.6 Å². The molecule has 0 saturated heterocycles. The third-order valence-electron chi connectivity index (χ3n) is 2.46. The summed E-state index contributed by atoms with van der Waals surface area (Å²) < 4.78 is 6.34. The summed E-state index contributed by atoms with van der Waals surface area (Å²) in [6.07, 6.45) is 1.57. The molecule has 5 heteroatoms. The van der Waals surface area contributed by atoms with E-state index in [4.69, 9.17) is 4.74 Å². The molecule has 2 aromatic rings. The highest BCUT2D eigenvalue weighted by Gasteiger charge is 2.10. The standard InChI is InChI=1S/C12H11NO3S/c1-8(13(14)15)6-9-7-17-11-5-3-4-10(16-2)12(9)11/h3-7H,1-2H3. The minimum absolute atomic E-state index is 0.121. The molecule has 0 unspecified atom stereocenters. The highest BCUT2D eigenvalue weighted by Crippen LogP contribution is 2.34. The van der Waals surface area contributed by atoms with Crippen LogP contribution in [0.1, 0.15) is 12.5 Å². The molecular formula is C12H11NO3S. The molecular weight excluding hydrogens is 238 g/mol. The van der Waals surface area contributed by atoms with Crippen molar-refractivity contribution in [1.82, 2.24) is 0 Å². The van der Waals surface area contributed by atoms with Crippen molar-refractivity contribution in [3.63, 3.8) is 0 Å². The van der Waals surface area contributed by atoms with Crippen LogP contribution in [0.4, 0.5) is 0 Å². The Labute approximate surface area is 102 Å². The van der Waals surface area contributed by atoms with E-state index in [0.29, 0.717) is 0 Å². The first-order valence-electron chi connectivity index (χ1n) is 5.00. The van der Waals surface area contributed by atoms with Gasteiger partial charge in [0.2, 0.25) is 5.70 Å². The van der Waals surface area contributed by atoms with Crippen LogP contribution >= 0.6 is 11.3 Å². The molecule has 0 bridgehead atoms. The molecule has 0 N–H and O–H groups in total. The number of allylic oxidation sites excluding steroid dienone is 1. The Morgan fingerprint density at radius 1 is 1.53 bits per heavy atom. The van der Waals surface area contributed by atoms with E-state index in [-0.39, 0.29) is 10.6 Å². The van der Waals surface area contributed by atoms with Crippen LogP contribution in [0.2, 0.25) is 0 Å². The lowest BCUT2D eigenvalue weighted by Gasteiger charge is -2.02. The quantitative estimate of drug-likeness (QED) is 0.617. The maximum atomic E-state index is 10.6. The number of hydrogen-bond acceptors (Lipinski definition) is 4. The minimum Gasteiger partial charge on any atom is -0.496 e. The van der Waals surface area contributed by atoms with Crippen LogP contribution in [0.25, 0.3) is 16.2 Å². The van der Waals surface area contributed by atoms with Gasteiger partial charge in [-0.15, -0.1) is 11.3 Å². The first-order chi connectivity index (χ1) is 8.13. The van der Waals surface area contributed by atoms with E-state index in [9.17, 15) is 10.1 Å². The molecule has 1 heterocycles. The van der Waals surface area contributed by atoms with Gasteiger partial charge < -0.3 is 4.74 Å². The van der Waals surface area contributed by atoms with E-state index in [2.05, 4.69) is 0 Å². The van der Waals surface area contributed by atoms with E-state index in [1.807, 2.05) is 23.6 Å². The lowest BCUT2D eigenvalue weighted by molar-refractivity contribution is -0.422. The number of fused-ring (bicyclic) bond motifs is 1. The van der Waals surface area contributed by atoms with Crippen LogP contribution in [-0.2, 0) is 0 Å². The van der Waals surface area contributed by atoms with Gasteiger partial charge in [0.05, 0.1) is 12.0 Å². The van der Waals surface area contributed by atoms with Crippen LogP contribution in [0.3, 0.4) is 0 Å². The maximum Gasteiger partial charge on any atom is 0.243 e. The van der Waals surface area contributed by atoms with Crippen molar-refractivity contribution in [2.24, 2.45) is 0 Å². The van der Waals surface area contributed by atoms with Crippen molar-refractivity contribution < 1.29 is 9.66 Å². The number of methoxy groups -OCH3 is 1. The molecule has 17 heavy (non-hydrogen) atoms. The second-order valence-electron chi connectivity index (χ2n) is 3.57. The molecule has 1 aromatic heterocycles. The van der Waals surface area contributed by atoms with Crippen LogP contribution < -0.4 is 4.74 Å². The van der Waals surface area contributed by atoms with E-state index < -0.39 is 0 Å². The average molecular weight is 249 g/mol. The number of ether oxygens (including phenoxy) is 1. The topological polar surface area (TPSA) is 52.4 Å². The first kappa shape index (κ1) is 11.6. The highest BCUT2D eigenvalue weighted by molar-refractivity contribution is 7.17. The van der Waals surface area contributed by atoms with Crippen molar-refractivity contribution in [1.29, 1.82) is 0 Å². The molecule has 0 amide bonds. The predicted molar refractivity (Wildman–Crippen MR) is 69.0 cm³/mol. The Hall–Kier alpha value is -1.88. The van der Waals surface area contributed by atoms with Gasteiger partial charge in [-0.2, -0.15) is 0 Å². The highest BCUT2D eigenvalue weighted by atomic mass is 32.1. The van der Waals surface area contributed by atoms with Gasteiger partial charge >= 0.3 is 0 Å². The summed E-state index contributed by atoms with van der Waals surface area (Å²) in [7, 11) is 1.60. The van der Waals surface area contributed by atoms with Crippen LogP contribution in [0, 0.1) is 10.1 Å². The van der Waals surface area contributed by atoms with Crippen LogP contribution in [0.15, 0.2) is 29.3 Å². The van der Waals surface area contributed by atoms with Crippen LogP contribution in [-0.4, -0.2) is 12.0 Å². The van der Waals surface area contributed by atoms with E-state index in [1.165, 1.54) is 6.92 Å². The van der Waals surface area contributed by atoms with Crippen molar-refractivity contribution >= 4 is 27.5 Å². The summed E-state index contributed by atoms with van der Waals surface area (Å²) in [6.45, 7) is 1.49. The molecule has 1 aromatic carbocycles. The molecule has 0 aliphatic carbocycles. The van der Waals surface area contributed by atoms with Crippen molar-refractivity contribution in [2.45, 2.75) is 6.92 Å². The molecule has 0 saturated carbocycles. The largest absolute Gasteiger partial charge is 0.496 e. The van der Waals surface area contributed by atoms with Gasteiger partial charge in [0.25, 0.3) is 0 Å². The summed E-state index contributed by atoms with van der Waals surface area (Å²) in [6, 6.07) is 5.74.